The number of nitrogens with zero attached hydrogens (tertiary/aromatic N) is 5. The van der Waals surface area contributed by atoms with Gasteiger partial charge >= 0.3 is 0 Å². The number of hydrogen-bond acceptors (Lipinski definition) is 5. The number of methoxy groups -OCH3 is 1. The topological polar surface area (TPSA) is 45.9 Å². The average Bonchev–Trinajstić information content (AvgIpc) is 3.47. The van der Waals surface area contributed by atoms with Gasteiger partial charge in [-0.2, -0.15) is 10.1 Å². The average molecular weight is 576 g/mol. The smallest absolute Gasteiger partial charge is 0.213 e. The molecule has 192 valence electrons. The Morgan fingerprint density at radius 1 is 0.846 bits per heavy atom. The molecule has 2 aliphatic heterocycles. The minimum Gasteiger partial charge on any atom is -0.496 e. The Morgan fingerprint density at radius 2 is 1.54 bits per heavy atom. The first kappa shape index (κ1) is 23.7. The van der Waals surface area contributed by atoms with Crippen molar-refractivity contribution in [1.82, 2.24) is 9.78 Å². The molecule has 39 heavy (non-hydrogen) atoms. The van der Waals surface area contributed by atoms with E-state index >= 15 is 0 Å². The lowest BCUT2D eigenvalue weighted by atomic mass is 9.94. The highest BCUT2D eigenvalue weighted by Gasteiger charge is 2.45. The molecule has 7 heteroatoms. The molecule has 0 saturated heterocycles. The number of hydrogen-bond donors (Lipinski definition) is 0. The summed E-state index contributed by atoms with van der Waals surface area (Å²) in [6.07, 6.45) is 0. The second-order valence-corrected chi connectivity index (χ2v) is 10.6. The van der Waals surface area contributed by atoms with Gasteiger partial charge in [0.25, 0.3) is 0 Å². The van der Waals surface area contributed by atoms with Crippen molar-refractivity contribution >= 4 is 39.1 Å². The van der Waals surface area contributed by atoms with Gasteiger partial charge < -0.3 is 9.64 Å². The van der Waals surface area contributed by atoms with Gasteiger partial charge in [-0.1, -0.05) is 76.6 Å². The standard InChI is InChI=1S/C32H26BrN5O/c1-21-29-30(25-19-23(33)17-18-28(25)39-2)37-27-16-10-9-15-26(27)36(20-22-11-5-3-6-12-22)32(37)34-31(29)38(35-21)24-13-7-4-8-14-24/h3-19,30H,20H2,1-2H3/t30-/m1/s1. The van der Waals surface area contributed by atoms with Crippen LogP contribution >= 0.6 is 15.9 Å². The zero-order valence-corrected chi connectivity index (χ0v) is 23.2. The van der Waals surface area contributed by atoms with Gasteiger partial charge in [-0.05, 0) is 55.0 Å². The van der Waals surface area contributed by atoms with Crippen LogP contribution in [0.3, 0.4) is 0 Å². The number of aromatic nitrogens is 2. The third kappa shape index (κ3) is 3.84. The summed E-state index contributed by atoms with van der Waals surface area (Å²) in [7, 11) is 1.73. The largest absolute Gasteiger partial charge is 0.496 e. The first-order valence-corrected chi connectivity index (χ1v) is 13.7. The quantitative estimate of drug-likeness (QED) is 0.217. The maximum Gasteiger partial charge on any atom is 0.213 e. The van der Waals surface area contributed by atoms with Gasteiger partial charge in [0, 0.05) is 15.6 Å². The van der Waals surface area contributed by atoms with Crippen molar-refractivity contribution in [3.05, 3.63) is 130 Å². The fraction of sp³-hybridized carbons (Fsp3) is 0.125. The molecule has 0 saturated carbocycles. The lowest BCUT2D eigenvalue weighted by Gasteiger charge is -2.35. The Labute approximate surface area is 235 Å². The van der Waals surface area contributed by atoms with Gasteiger partial charge in [-0.15, -0.1) is 0 Å². The molecule has 6 nitrogen and oxygen atoms in total. The van der Waals surface area contributed by atoms with Crippen molar-refractivity contribution in [3.63, 3.8) is 0 Å². The highest BCUT2D eigenvalue weighted by atomic mass is 79.9. The van der Waals surface area contributed by atoms with Gasteiger partial charge in [0.15, 0.2) is 5.82 Å². The van der Waals surface area contributed by atoms with Crippen molar-refractivity contribution in [2.75, 3.05) is 16.9 Å². The minimum atomic E-state index is -0.195. The van der Waals surface area contributed by atoms with E-state index in [1.807, 2.05) is 35.0 Å². The van der Waals surface area contributed by atoms with Crippen molar-refractivity contribution in [2.24, 2.45) is 4.99 Å². The predicted octanol–water partition coefficient (Wildman–Crippen LogP) is 7.57. The number of aryl methyl sites for hydroxylation is 1. The summed E-state index contributed by atoms with van der Waals surface area (Å²) in [4.78, 5) is 10.0. The highest BCUT2D eigenvalue weighted by Crippen LogP contribution is 2.52. The lowest BCUT2D eigenvalue weighted by Crippen LogP contribution is -2.43. The van der Waals surface area contributed by atoms with Gasteiger partial charge in [-0.3, -0.25) is 4.90 Å². The first-order chi connectivity index (χ1) is 19.1. The maximum atomic E-state index is 5.93. The molecule has 1 atom stereocenters. The maximum absolute atomic E-state index is 5.93. The fourth-order valence-corrected chi connectivity index (χ4v) is 6.05. The molecule has 0 unspecified atom stereocenters. The Balaban J connectivity index is 1.51. The third-order valence-corrected chi connectivity index (χ3v) is 7.87. The summed E-state index contributed by atoms with van der Waals surface area (Å²) in [6, 6.07) is 35.3. The summed E-state index contributed by atoms with van der Waals surface area (Å²) < 4.78 is 8.89. The number of rotatable bonds is 5. The number of fused-ring (bicyclic) bond motifs is 4. The second kappa shape index (κ2) is 9.43. The molecule has 7 rings (SSSR count). The van der Waals surface area contributed by atoms with E-state index in [2.05, 4.69) is 105 Å². The molecule has 1 aromatic heterocycles. The number of aliphatic imine (C=N–C) groups is 1. The van der Waals surface area contributed by atoms with Crippen LogP contribution in [-0.4, -0.2) is 22.8 Å². The SMILES string of the molecule is COc1ccc(Br)cc1[C@@H]1c2c(C)nn(-c3ccccc3)c2N=C2N(Cc3ccccc3)c3ccccc3N21. The number of guanidine groups is 1. The van der Waals surface area contributed by atoms with E-state index in [0.717, 1.165) is 55.9 Å². The number of para-hydroxylation sites is 3. The molecular weight excluding hydrogens is 550 g/mol. The normalized spacial score (nSPS) is 15.5. The summed E-state index contributed by atoms with van der Waals surface area (Å²) in [5, 5.41) is 5.02. The molecule has 0 aliphatic carbocycles. The molecular formula is C32H26BrN5O. The van der Waals surface area contributed by atoms with E-state index in [9.17, 15) is 0 Å². The molecule has 0 amide bonds. The van der Waals surface area contributed by atoms with Crippen molar-refractivity contribution in [2.45, 2.75) is 19.5 Å². The van der Waals surface area contributed by atoms with Gasteiger partial charge in [0.1, 0.15) is 5.75 Å². The summed E-state index contributed by atoms with van der Waals surface area (Å²) in [6.45, 7) is 2.77. The van der Waals surface area contributed by atoms with Crippen molar-refractivity contribution in [3.8, 4) is 11.4 Å². The van der Waals surface area contributed by atoms with E-state index < -0.39 is 0 Å². The minimum absolute atomic E-state index is 0.195. The Bertz CT molecular complexity index is 1710. The summed E-state index contributed by atoms with van der Waals surface area (Å²) in [5.41, 5.74) is 7.47. The predicted molar refractivity (Wildman–Crippen MR) is 159 cm³/mol. The van der Waals surface area contributed by atoms with Gasteiger partial charge in [0.2, 0.25) is 5.96 Å². The third-order valence-electron chi connectivity index (χ3n) is 7.38. The Kier molecular flexibility index (Phi) is 5.74. The molecule has 2 aliphatic rings. The van der Waals surface area contributed by atoms with Crippen molar-refractivity contribution in [1.29, 1.82) is 0 Å². The van der Waals surface area contributed by atoms with Crippen LogP contribution in [-0.2, 0) is 6.54 Å². The van der Waals surface area contributed by atoms with Gasteiger partial charge in [-0.25, -0.2) is 4.68 Å². The zero-order valence-electron chi connectivity index (χ0n) is 21.6. The first-order valence-electron chi connectivity index (χ1n) is 12.9. The van der Waals surface area contributed by atoms with E-state index in [1.165, 1.54) is 5.56 Å². The molecule has 0 bridgehead atoms. The van der Waals surface area contributed by atoms with E-state index in [1.54, 1.807) is 7.11 Å². The molecule has 3 heterocycles. The van der Waals surface area contributed by atoms with Crippen LogP contribution in [0, 0.1) is 6.92 Å². The molecule has 5 aromatic rings. The number of benzene rings is 4. The van der Waals surface area contributed by atoms with Crippen LogP contribution in [0.25, 0.3) is 5.69 Å². The summed E-state index contributed by atoms with van der Waals surface area (Å²) in [5.74, 6) is 2.53. The van der Waals surface area contributed by atoms with Crippen molar-refractivity contribution < 1.29 is 4.74 Å². The molecule has 0 spiro atoms. The Hall–Kier alpha value is -4.36. The molecule has 0 radical (unpaired) electrons. The highest BCUT2D eigenvalue weighted by molar-refractivity contribution is 9.10. The second-order valence-electron chi connectivity index (χ2n) is 9.70. The zero-order chi connectivity index (χ0) is 26.5. The van der Waals surface area contributed by atoms with Crippen LogP contribution in [0.2, 0.25) is 0 Å². The van der Waals surface area contributed by atoms with E-state index in [0.29, 0.717) is 6.54 Å². The number of halogens is 1. The van der Waals surface area contributed by atoms with Crippen LogP contribution in [0.15, 0.2) is 113 Å². The molecule has 4 aromatic carbocycles. The molecule has 0 N–H and O–H groups in total. The molecule has 0 fully saturated rings. The Morgan fingerprint density at radius 3 is 2.28 bits per heavy atom. The van der Waals surface area contributed by atoms with Crippen LogP contribution in [0.1, 0.15) is 28.4 Å². The van der Waals surface area contributed by atoms with Gasteiger partial charge in [0.05, 0.1) is 42.5 Å². The number of ether oxygens (including phenoxy) is 1. The summed E-state index contributed by atoms with van der Waals surface area (Å²) >= 11 is 3.72. The van der Waals surface area contributed by atoms with Crippen LogP contribution in [0.4, 0.5) is 17.2 Å². The fourth-order valence-electron chi connectivity index (χ4n) is 5.67. The number of anilines is 2. The van der Waals surface area contributed by atoms with E-state index in [4.69, 9.17) is 14.8 Å². The lowest BCUT2D eigenvalue weighted by molar-refractivity contribution is 0.407. The van der Waals surface area contributed by atoms with Crippen LogP contribution < -0.4 is 14.5 Å². The van der Waals surface area contributed by atoms with Crippen LogP contribution in [0.5, 0.6) is 5.75 Å². The monoisotopic (exact) mass is 575 g/mol. The van der Waals surface area contributed by atoms with E-state index in [-0.39, 0.29) is 6.04 Å².